The van der Waals surface area contributed by atoms with Crippen LogP contribution in [0.25, 0.3) is 0 Å². The van der Waals surface area contributed by atoms with Gasteiger partial charge in [-0.25, -0.2) is 0 Å². The fourth-order valence-electron chi connectivity index (χ4n) is 7.59. The second-order valence-corrected chi connectivity index (χ2v) is 12.3. The number of aliphatic hydroxyl groups is 2. The lowest BCUT2D eigenvalue weighted by molar-refractivity contribution is -0.134. The van der Waals surface area contributed by atoms with Crippen LogP contribution in [0, 0.1) is 35.0 Å². The third-order valence-corrected chi connectivity index (χ3v) is 9.99. The summed E-state index contributed by atoms with van der Waals surface area (Å²) >= 11 is 0. The Morgan fingerprint density at radius 2 is 1.90 bits per heavy atom. The fraction of sp³-hybridized carbons (Fsp3) is 0.688. The Morgan fingerprint density at radius 1 is 1.08 bits per heavy atom. The van der Waals surface area contributed by atoms with Crippen LogP contribution in [0.15, 0.2) is 12.1 Å². The predicted octanol–water partition coefficient (Wildman–Crippen LogP) is 3.66. The molecule has 1 aliphatic heterocycles. The Labute approximate surface area is 231 Å². The number of ketones is 2. The van der Waals surface area contributed by atoms with Gasteiger partial charge in [-0.05, 0) is 98.9 Å². The zero-order valence-electron chi connectivity index (χ0n) is 23.1. The molecule has 39 heavy (non-hydrogen) atoms. The van der Waals surface area contributed by atoms with Gasteiger partial charge in [-0.3, -0.25) is 9.59 Å². The molecule has 0 aromatic heterocycles. The highest BCUT2D eigenvalue weighted by molar-refractivity contribution is 5.89. The van der Waals surface area contributed by atoms with Crippen molar-refractivity contribution in [1.82, 2.24) is 5.32 Å². The lowest BCUT2D eigenvalue weighted by Gasteiger charge is -2.42. The Morgan fingerprint density at radius 3 is 2.67 bits per heavy atom. The molecule has 3 fully saturated rings. The third kappa shape index (κ3) is 5.89. The quantitative estimate of drug-likeness (QED) is 0.409. The minimum atomic E-state index is -1.08. The zero-order valence-corrected chi connectivity index (χ0v) is 23.1. The molecule has 4 N–H and O–H groups in total. The van der Waals surface area contributed by atoms with Gasteiger partial charge in [0.05, 0.1) is 13.2 Å². The van der Waals surface area contributed by atoms with Crippen LogP contribution in [0.5, 0.6) is 11.5 Å². The summed E-state index contributed by atoms with van der Waals surface area (Å²) in [6.45, 7) is 0.899. The molecule has 7 atom stereocenters. The SMILES string of the molecule is COc1cc2c(cc1O)[C@@H](CCO)C#C[C@@]1(CC[C@H](CC[C@@H]3CN[C@@H]4CC(=O)CC[C@@H]4C3)C[C@H]1O)C(=O)CC2. The summed E-state index contributed by atoms with van der Waals surface area (Å²) in [4.78, 5) is 25.4. The molecule has 2 saturated carbocycles. The first-order valence-electron chi connectivity index (χ1n) is 14.8. The van der Waals surface area contributed by atoms with Gasteiger partial charge in [-0.1, -0.05) is 18.3 Å². The van der Waals surface area contributed by atoms with E-state index in [1.54, 1.807) is 12.1 Å². The highest BCUT2D eigenvalue weighted by atomic mass is 16.5. The Kier molecular flexibility index (Phi) is 8.66. The first-order chi connectivity index (χ1) is 18.8. The van der Waals surface area contributed by atoms with E-state index in [4.69, 9.17) is 4.74 Å². The van der Waals surface area contributed by atoms with E-state index in [1.807, 2.05) is 0 Å². The molecule has 0 unspecified atom stereocenters. The summed E-state index contributed by atoms with van der Waals surface area (Å²) in [5, 5.41) is 35.2. The summed E-state index contributed by atoms with van der Waals surface area (Å²) in [5.74, 6) is 8.48. The Balaban J connectivity index is 1.26. The minimum Gasteiger partial charge on any atom is -0.504 e. The minimum absolute atomic E-state index is 0.0158. The van der Waals surface area contributed by atoms with Gasteiger partial charge in [0.25, 0.3) is 0 Å². The van der Waals surface area contributed by atoms with Crippen molar-refractivity contribution < 1.29 is 29.6 Å². The first kappa shape index (κ1) is 28.1. The van der Waals surface area contributed by atoms with E-state index in [2.05, 4.69) is 17.2 Å². The number of benzene rings is 1. The number of carbonyl (C=O) groups excluding carboxylic acids is 2. The molecule has 1 heterocycles. The number of piperidine rings is 1. The van der Waals surface area contributed by atoms with Crippen LogP contribution in [0.2, 0.25) is 0 Å². The summed E-state index contributed by atoms with van der Waals surface area (Å²) in [7, 11) is 1.50. The normalized spacial score (nSPS) is 34.6. The maximum absolute atomic E-state index is 13.6. The van der Waals surface area contributed by atoms with Gasteiger partial charge in [0, 0.05) is 37.8 Å². The van der Waals surface area contributed by atoms with Crippen molar-refractivity contribution in [2.75, 3.05) is 20.3 Å². The van der Waals surface area contributed by atoms with Crippen LogP contribution in [0.3, 0.4) is 0 Å². The largest absolute Gasteiger partial charge is 0.504 e. The standard InChI is InChI=1S/C32H43NO6/c1-39-29-16-23-5-7-30(37)32(12-9-22(10-13-34)26(23)18-28(29)36)11-8-20(15-31(32)38)2-3-21-14-24-4-6-25(35)17-27(24)33-19-21/h16,18,20-22,24,27,31,33-34,36,38H,2-8,10-11,13-15,17,19H2,1H3/t20-,21-,22+,24+,27+,31+,32-/m0/s1. The number of aromatic hydroxyl groups is 1. The number of aryl methyl sites for hydroxylation is 1. The molecule has 1 spiro atoms. The maximum atomic E-state index is 13.6. The molecule has 5 rings (SSSR count). The lowest BCUT2D eigenvalue weighted by Crippen LogP contribution is -2.49. The van der Waals surface area contributed by atoms with E-state index in [0.29, 0.717) is 67.4 Å². The van der Waals surface area contributed by atoms with Crippen molar-refractivity contribution in [3.8, 4) is 23.3 Å². The van der Waals surface area contributed by atoms with Crippen molar-refractivity contribution in [1.29, 1.82) is 0 Å². The first-order valence-corrected chi connectivity index (χ1v) is 14.8. The van der Waals surface area contributed by atoms with Crippen LogP contribution < -0.4 is 10.1 Å². The molecule has 212 valence electrons. The highest BCUT2D eigenvalue weighted by Gasteiger charge is 2.47. The van der Waals surface area contributed by atoms with Crippen molar-refractivity contribution in [3.63, 3.8) is 0 Å². The number of rotatable bonds is 6. The molecular weight excluding hydrogens is 494 g/mol. The number of fused-ring (bicyclic) bond motifs is 2. The molecule has 1 aromatic rings. The molecule has 0 radical (unpaired) electrons. The van der Waals surface area contributed by atoms with E-state index in [0.717, 1.165) is 49.8 Å². The second kappa shape index (κ2) is 12.0. The molecule has 7 heteroatoms. The highest BCUT2D eigenvalue weighted by Crippen LogP contribution is 2.45. The lowest BCUT2D eigenvalue weighted by atomic mass is 9.64. The number of carbonyl (C=O) groups is 2. The van der Waals surface area contributed by atoms with Gasteiger partial charge in [-0.2, -0.15) is 0 Å². The number of hydrogen-bond donors (Lipinski definition) is 4. The number of methoxy groups -OCH3 is 1. The smallest absolute Gasteiger partial charge is 0.160 e. The van der Waals surface area contributed by atoms with E-state index >= 15 is 0 Å². The number of hydrogen-bond acceptors (Lipinski definition) is 7. The Hall–Kier alpha value is -2.40. The summed E-state index contributed by atoms with van der Waals surface area (Å²) in [6.07, 6.45) is 8.04. The van der Waals surface area contributed by atoms with Gasteiger partial charge in [0.1, 0.15) is 11.2 Å². The molecule has 0 bridgehead atoms. The molecule has 4 aliphatic rings. The van der Waals surface area contributed by atoms with Crippen LogP contribution >= 0.6 is 0 Å². The topological polar surface area (TPSA) is 116 Å². The van der Waals surface area contributed by atoms with E-state index in [9.17, 15) is 24.9 Å². The van der Waals surface area contributed by atoms with Crippen LogP contribution in [-0.2, 0) is 16.0 Å². The molecule has 3 aliphatic carbocycles. The summed E-state index contributed by atoms with van der Waals surface area (Å²) in [5.41, 5.74) is 0.622. The number of phenols is 1. The van der Waals surface area contributed by atoms with E-state index < -0.39 is 11.5 Å². The molecule has 1 aromatic carbocycles. The second-order valence-electron chi connectivity index (χ2n) is 12.3. The number of phenolic OH excluding ortho intramolecular Hbond substituents is 1. The van der Waals surface area contributed by atoms with Crippen molar-refractivity contribution in [3.05, 3.63) is 23.3 Å². The van der Waals surface area contributed by atoms with Gasteiger partial charge in [0.2, 0.25) is 0 Å². The van der Waals surface area contributed by atoms with Crippen LogP contribution in [0.4, 0.5) is 0 Å². The molecular formula is C32H43NO6. The fourth-order valence-corrected chi connectivity index (χ4v) is 7.59. The van der Waals surface area contributed by atoms with Crippen molar-refractivity contribution >= 4 is 11.6 Å². The Bertz CT molecular complexity index is 1140. The zero-order chi connectivity index (χ0) is 27.6. The van der Waals surface area contributed by atoms with Gasteiger partial charge in [0.15, 0.2) is 17.3 Å². The molecule has 1 saturated heterocycles. The number of aliphatic hydroxyl groups excluding tert-OH is 2. The van der Waals surface area contributed by atoms with Gasteiger partial charge < -0.3 is 25.4 Å². The maximum Gasteiger partial charge on any atom is 0.160 e. The molecule has 7 nitrogen and oxygen atoms in total. The number of ether oxygens (including phenoxy) is 1. The van der Waals surface area contributed by atoms with Crippen LogP contribution in [0.1, 0.15) is 87.7 Å². The average molecular weight is 538 g/mol. The number of nitrogens with one attached hydrogen (secondary N) is 1. The van der Waals surface area contributed by atoms with Crippen molar-refractivity contribution in [2.24, 2.45) is 23.2 Å². The third-order valence-electron chi connectivity index (χ3n) is 9.99. The predicted molar refractivity (Wildman–Crippen MR) is 147 cm³/mol. The van der Waals surface area contributed by atoms with Crippen molar-refractivity contribution in [2.45, 2.75) is 95.1 Å². The average Bonchev–Trinajstić information content (AvgIpc) is 2.98. The van der Waals surface area contributed by atoms with Gasteiger partial charge >= 0.3 is 0 Å². The van der Waals surface area contributed by atoms with Gasteiger partial charge in [-0.15, -0.1) is 0 Å². The number of Topliss-reactive ketones (excluding diaryl/α,β-unsaturated/α-hetero) is 2. The monoisotopic (exact) mass is 537 g/mol. The summed E-state index contributed by atoms with van der Waals surface area (Å²) in [6, 6.07) is 3.77. The van der Waals surface area contributed by atoms with E-state index in [1.165, 1.54) is 13.5 Å². The van der Waals surface area contributed by atoms with E-state index in [-0.39, 0.29) is 30.5 Å². The molecule has 0 amide bonds. The summed E-state index contributed by atoms with van der Waals surface area (Å²) < 4.78 is 5.29. The van der Waals surface area contributed by atoms with Crippen LogP contribution in [-0.4, -0.2) is 59.3 Å².